The van der Waals surface area contributed by atoms with Crippen LogP contribution in [-0.4, -0.2) is 23.5 Å². The molecule has 0 saturated carbocycles. The van der Waals surface area contributed by atoms with E-state index in [-0.39, 0.29) is 30.0 Å². The van der Waals surface area contributed by atoms with E-state index in [1.807, 2.05) is 0 Å². The molecule has 0 atom stereocenters. The average Bonchev–Trinajstić information content (AvgIpc) is 2.58. The molecule has 0 bridgehead atoms. The standard InChI is InChI=1S/C18H13F3O3/c19-18(20,21)17(24)14-8-6-13(7-9-14)16(23)11-10-15(22)12-4-2-1-3-5-12/h1-9H,10-11H2. The van der Waals surface area contributed by atoms with E-state index < -0.39 is 17.5 Å². The molecule has 0 unspecified atom stereocenters. The molecular weight excluding hydrogens is 321 g/mol. The third-order valence-corrected chi connectivity index (χ3v) is 3.40. The van der Waals surface area contributed by atoms with Gasteiger partial charge >= 0.3 is 6.18 Å². The fourth-order valence-electron chi connectivity index (χ4n) is 2.11. The van der Waals surface area contributed by atoms with Crippen molar-refractivity contribution in [3.8, 4) is 0 Å². The zero-order valence-corrected chi connectivity index (χ0v) is 12.5. The number of ketones is 3. The minimum absolute atomic E-state index is 0.00603. The van der Waals surface area contributed by atoms with Crippen LogP contribution in [0.2, 0.25) is 0 Å². The molecule has 0 aliphatic heterocycles. The summed E-state index contributed by atoms with van der Waals surface area (Å²) in [5.74, 6) is -2.51. The van der Waals surface area contributed by atoms with Crippen LogP contribution in [0.25, 0.3) is 0 Å². The molecule has 0 amide bonds. The highest BCUT2D eigenvalue weighted by atomic mass is 19.4. The number of alkyl halides is 3. The highest BCUT2D eigenvalue weighted by Gasteiger charge is 2.39. The highest BCUT2D eigenvalue weighted by molar-refractivity contribution is 6.04. The molecule has 0 aromatic heterocycles. The summed E-state index contributed by atoms with van der Waals surface area (Å²) in [6.07, 6.45) is -5.00. The molecular formula is C18H13F3O3. The van der Waals surface area contributed by atoms with E-state index in [0.717, 1.165) is 24.3 Å². The van der Waals surface area contributed by atoms with Crippen molar-refractivity contribution < 1.29 is 27.6 Å². The van der Waals surface area contributed by atoms with Crippen molar-refractivity contribution in [3.05, 3.63) is 71.3 Å². The van der Waals surface area contributed by atoms with Gasteiger partial charge in [0, 0.05) is 29.5 Å². The summed E-state index contributed by atoms with van der Waals surface area (Å²) >= 11 is 0. The van der Waals surface area contributed by atoms with Crippen molar-refractivity contribution in [1.29, 1.82) is 0 Å². The van der Waals surface area contributed by atoms with Crippen LogP contribution in [0.15, 0.2) is 54.6 Å². The lowest BCUT2D eigenvalue weighted by Crippen LogP contribution is -2.22. The van der Waals surface area contributed by atoms with Gasteiger partial charge in [-0.15, -0.1) is 0 Å². The summed E-state index contributed by atoms with van der Waals surface area (Å²) in [6.45, 7) is 0. The maximum absolute atomic E-state index is 12.3. The van der Waals surface area contributed by atoms with Crippen LogP contribution in [0.1, 0.15) is 43.9 Å². The van der Waals surface area contributed by atoms with Crippen LogP contribution in [-0.2, 0) is 0 Å². The van der Waals surface area contributed by atoms with E-state index in [1.165, 1.54) is 0 Å². The van der Waals surface area contributed by atoms with Crippen molar-refractivity contribution in [2.45, 2.75) is 19.0 Å². The van der Waals surface area contributed by atoms with Crippen LogP contribution in [0, 0.1) is 0 Å². The van der Waals surface area contributed by atoms with Crippen LogP contribution in [0.5, 0.6) is 0 Å². The Balaban J connectivity index is 1.98. The summed E-state index contributed by atoms with van der Waals surface area (Å²) in [5, 5.41) is 0. The molecule has 3 nitrogen and oxygen atoms in total. The van der Waals surface area contributed by atoms with Crippen molar-refractivity contribution in [3.63, 3.8) is 0 Å². The quantitative estimate of drug-likeness (QED) is 0.741. The first kappa shape index (κ1) is 17.6. The minimum atomic E-state index is -4.95. The van der Waals surface area contributed by atoms with E-state index >= 15 is 0 Å². The molecule has 24 heavy (non-hydrogen) atoms. The second-order valence-corrected chi connectivity index (χ2v) is 5.12. The third kappa shape index (κ3) is 4.38. The molecule has 2 aromatic rings. The number of rotatable bonds is 6. The summed E-state index contributed by atoms with van der Waals surface area (Å²) in [4.78, 5) is 35.0. The van der Waals surface area contributed by atoms with E-state index in [9.17, 15) is 27.6 Å². The summed E-state index contributed by atoms with van der Waals surface area (Å²) in [7, 11) is 0. The molecule has 0 heterocycles. The zero-order chi connectivity index (χ0) is 17.7. The Morgan fingerprint density at radius 1 is 0.667 bits per heavy atom. The van der Waals surface area contributed by atoms with Gasteiger partial charge in [-0.3, -0.25) is 14.4 Å². The fourth-order valence-corrected chi connectivity index (χ4v) is 2.11. The molecule has 0 spiro atoms. The molecule has 0 aliphatic carbocycles. The van der Waals surface area contributed by atoms with Gasteiger partial charge in [0.25, 0.3) is 5.78 Å². The molecule has 0 saturated heterocycles. The topological polar surface area (TPSA) is 51.2 Å². The Bertz CT molecular complexity index is 747. The Morgan fingerprint density at radius 2 is 1.08 bits per heavy atom. The largest absolute Gasteiger partial charge is 0.454 e. The molecule has 0 fully saturated rings. The van der Waals surface area contributed by atoms with Crippen molar-refractivity contribution in [2.75, 3.05) is 0 Å². The molecule has 6 heteroatoms. The first-order valence-electron chi connectivity index (χ1n) is 7.12. The van der Waals surface area contributed by atoms with Crippen LogP contribution >= 0.6 is 0 Å². The first-order valence-corrected chi connectivity index (χ1v) is 7.12. The molecule has 0 radical (unpaired) electrons. The first-order chi connectivity index (χ1) is 11.3. The van der Waals surface area contributed by atoms with Crippen molar-refractivity contribution in [1.82, 2.24) is 0 Å². The van der Waals surface area contributed by atoms with Gasteiger partial charge in [-0.1, -0.05) is 54.6 Å². The lowest BCUT2D eigenvalue weighted by Gasteiger charge is -2.06. The van der Waals surface area contributed by atoms with E-state index in [2.05, 4.69) is 0 Å². The molecule has 0 aliphatic rings. The Morgan fingerprint density at radius 3 is 1.54 bits per heavy atom. The van der Waals surface area contributed by atoms with Crippen LogP contribution < -0.4 is 0 Å². The Kier molecular flexibility index (Phi) is 5.28. The number of carbonyl (C=O) groups is 3. The van der Waals surface area contributed by atoms with E-state index in [0.29, 0.717) is 5.56 Å². The van der Waals surface area contributed by atoms with Gasteiger partial charge in [0.15, 0.2) is 11.6 Å². The Hall–Kier alpha value is -2.76. The van der Waals surface area contributed by atoms with E-state index in [1.54, 1.807) is 30.3 Å². The van der Waals surface area contributed by atoms with Crippen LogP contribution in [0.4, 0.5) is 13.2 Å². The van der Waals surface area contributed by atoms with Gasteiger partial charge < -0.3 is 0 Å². The minimum Gasteiger partial charge on any atom is -0.294 e. The molecule has 0 N–H and O–H groups in total. The number of Topliss-reactive ketones (excluding diaryl/α,β-unsaturated/α-hetero) is 3. The predicted molar refractivity (Wildman–Crippen MR) is 81.2 cm³/mol. The van der Waals surface area contributed by atoms with Crippen LogP contribution in [0.3, 0.4) is 0 Å². The number of hydrogen-bond donors (Lipinski definition) is 0. The van der Waals surface area contributed by atoms with Gasteiger partial charge in [0.05, 0.1) is 0 Å². The zero-order valence-electron chi connectivity index (χ0n) is 12.5. The summed E-state index contributed by atoms with van der Waals surface area (Å²) in [6, 6.07) is 12.7. The smallest absolute Gasteiger partial charge is 0.294 e. The molecule has 2 rings (SSSR count). The third-order valence-electron chi connectivity index (χ3n) is 3.40. The normalized spacial score (nSPS) is 11.1. The van der Waals surface area contributed by atoms with Crippen molar-refractivity contribution >= 4 is 17.3 Å². The maximum Gasteiger partial charge on any atom is 0.454 e. The van der Waals surface area contributed by atoms with E-state index in [4.69, 9.17) is 0 Å². The summed E-state index contributed by atoms with van der Waals surface area (Å²) in [5.41, 5.74) is 0.130. The van der Waals surface area contributed by atoms with Gasteiger partial charge in [-0.05, 0) is 0 Å². The second-order valence-electron chi connectivity index (χ2n) is 5.12. The SMILES string of the molecule is O=C(CCC(=O)c1ccc(C(=O)C(F)(F)F)cc1)c1ccccc1. The summed E-state index contributed by atoms with van der Waals surface area (Å²) < 4.78 is 36.9. The number of carbonyl (C=O) groups excluding carboxylic acids is 3. The maximum atomic E-state index is 12.3. The number of benzene rings is 2. The predicted octanol–water partition coefficient (Wildman–Crippen LogP) is 4.28. The average molecular weight is 334 g/mol. The number of halogens is 3. The number of hydrogen-bond acceptors (Lipinski definition) is 3. The van der Waals surface area contributed by atoms with Crippen molar-refractivity contribution in [2.24, 2.45) is 0 Å². The molecule has 2 aromatic carbocycles. The van der Waals surface area contributed by atoms with Gasteiger partial charge in [0.1, 0.15) is 0 Å². The second kappa shape index (κ2) is 7.21. The highest BCUT2D eigenvalue weighted by Crippen LogP contribution is 2.22. The van der Waals surface area contributed by atoms with Gasteiger partial charge in [-0.25, -0.2) is 0 Å². The molecule has 124 valence electrons. The van der Waals surface area contributed by atoms with Gasteiger partial charge in [0.2, 0.25) is 0 Å². The fraction of sp³-hybridized carbons (Fsp3) is 0.167. The monoisotopic (exact) mass is 334 g/mol. The lowest BCUT2D eigenvalue weighted by atomic mass is 10.00. The lowest BCUT2D eigenvalue weighted by molar-refractivity contribution is -0.0885. The Labute approximate surface area is 136 Å². The van der Waals surface area contributed by atoms with Gasteiger partial charge in [-0.2, -0.15) is 13.2 Å².